The van der Waals surface area contributed by atoms with Gasteiger partial charge in [0.1, 0.15) is 5.70 Å². The van der Waals surface area contributed by atoms with Crippen molar-refractivity contribution in [2.45, 2.75) is 25.1 Å². The van der Waals surface area contributed by atoms with Crippen molar-refractivity contribution in [1.82, 2.24) is 0 Å². The Bertz CT molecular complexity index is 523. The number of carbonyl (C=O) groups is 1. The largest absolute Gasteiger partial charge is 0.477 e. The van der Waals surface area contributed by atoms with E-state index in [-0.39, 0.29) is 11.1 Å². The topological polar surface area (TPSA) is 40.5 Å². The summed E-state index contributed by atoms with van der Waals surface area (Å²) >= 11 is 6.26. The van der Waals surface area contributed by atoms with Gasteiger partial charge in [-0.15, -0.1) is 11.6 Å². The quantitative estimate of drug-likeness (QED) is 0.832. The Balaban J connectivity index is 2.63. The number of hydrogen-bond acceptors (Lipinski definition) is 2. The van der Waals surface area contributed by atoms with Gasteiger partial charge < -0.3 is 10.0 Å². The number of carboxylic acid groups (broad SMARTS) is 1. The average molecular weight is 266 g/mol. The van der Waals surface area contributed by atoms with Gasteiger partial charge in [-0.25, -0.2) is 4.79 Å². The zero-order valence-electron chi connectivity index (χ0n) is 10.6. The van der Waals surface area contributed by atoms with Crippen molar-refractivity contribution in [1.29, 1.82) is 0 Å². The van der Waals surface area contributed by atoms with Gasteiger partial charge in [0.05, 0.1) is 5.38 Å². The molecule has 0 bridgehead atoms. The van der Waals surface area contributed by atoms with Crippen molar-refractivity contribution in [2.24, 2.45) is 0 Å². The summed E-state index contributed by atoms with van der Waals surface area (Å²) in [5.74, 6) is -0.633. The standard InChI is InChI=1S/C14H16ClNO2/c1-8(2)9-5-4-6-10-11(15)7-12(14(17)18)16(3)13(9)10/h4-8,11H,1-3H3,(H,17,18). The minimum Gasteiger partial charge on any atom is -0.477 e. The molecule has 0 aliphatic carbocycles. The van der Waals surface area contributed by atoms with Gasteiger partial charge in [0.15, 0.2) is 0 Å². The lowest BCUT2D eigenvalue weighted by Gasteiger charge is -2.32. The highest BCUT2D eigenvalue weighted by Crippen LogP contribution is 2.42. The number of likely N-dealkylation sites (N-methyl/N-ethyl adjacent to an activating group) is 1. The van der Waals surface area contributed by atoms with Crippen LogP contribution in [0.25, 0.3) is 0 Å². The SMILES string of the molecule is CC(C)c1cccc2c1N(C)C(C(=O)O)=CC2Cl. The smallest absolute Gasteiger partial charge is 0.352 e. The third-order valence-electron chi connectivity index (χ3n) is 3.24. The number of benzene rings is 1. The molecule has 1 aliphatic heterocycles. The third-order valence-corrected chi connectivity index (χ3v) is 3.60. The van der Waals surface area contributed by atoms with E-state index in [0.29, 0.717) is 5.92 Å². The number of para-hydroxylation sites is 1. The Morgan fingerprint density at radius 1 is 1.44 bits per heavy atom. The molecule has 0 amide bonds. The van der Waals surface area contributed by atoms with Crippen LogP contribution in [0.3, 0.4) is 0 Å². The molecule has 1 unspecified atom stereocenters. The second-order valence-electron chi connectivity index (χ2n) is 4.76. The Morgan fingerprint density at radius 2 is 2.11 bits per heavy atom. The molecule has 2 rings (SSSR count). The van der Waals surface area contributed by atoms with Gasteiger partial charge in [-0.1, -0.05) is 32.0 Å². The van der Waals surface area contributed by atoms with E-state index in [1.165, 1.54) is 0 Å². The van der Waals surface area contributed by atoms with E-state index in [2.05, 4.69) is 13.8 Å². The number of aliphatic carboxylic acids is 1. The molecule has 3 nitrogen and oxygen atoms in total. The fourth-order valence-electron chi connectivity index (χ4n) is 2.33. The molecule has 1 aromatic rings. The zero-order valence-corrected chi connectivity index (χ0v) is 11.4. The van der Waals surface area contributed by atoms with Crippen LogP contribution in [0.15, 0.2) is 30.0 Å². The maximum absolute atomic E-state index is 11.2. The number of nitrogens with zero attached hydrogens (tertiary/aromatic N) is 1. The maximum atomic E-state index is 11.2. The number of halogens is 1. The minimum absolute atomic E-state index is 0.232. The van der Waals surface area contributed by atoms with E-state index in [4.69, 9.17) is 11.6 Å². The highest BCUT2D eigenvalue weighted by Gasteiger charge is 2.28. The van der Waals surface area contributed by atoms with Crippen molar-refractivity contribution in [3.8, 4) is 0 Å². The van der Waals surface area contributed by atoms with Crippen LogP contribution in [0.4, 0.5) is 5.69 Å². The van der Waals surface area contributed by atoms with E-state index >= 15 is 0 Å². The van der Waals surface area contributed by atoms with Crippen molar-refractivity contribution in [3.63, 3.8) is 0 Å². The van der Waals surface area contributed by atoms with Crippen LogP contribution in [0.1, 0.15) is 36.3 Å². The first kappa shape index (κ1) is 13.0. The summed E-state index contributed by atoms with van der Waals surface area (Å²) < 4.78 is 0. The lowest BCUT2D eigenvalue weighted by Crippen LogP contribution is -2.28. The lowest BCUT2D eigenvalue weighted by molar-refractivity contribution is -0.132. The number of hydrogen-bond donors (Lipinski definition) is 1. The molecular formula is C14H16ClNO2. The number of rotatable bonds is 2. The number of fused-ring (bicyclic) bond motifs is 1. The molecule has 1 atom stereocenters. The first-order valence-electron chi connectivity index (χ1n) is 5.89. The van der Waals surface area contributed by atoms with Crippen LogP contribution >= 0.6 is 11.6 Å². The van der Waals surface area contributed by atoms with Crippen molar-refractivity contribution < 1.29 is 9.90 Å². The fourth-order valence-corrected chi connectivity index (χ4v) is 2.63. The van der Waals surface area contributed by atoms with Crippen LogP contribution in [0.2, 0.25) is 0 Å². The van der Waals surface area contributed by atoms with Gasteiger partial charge in [-0.05, 0) is 23.1 Å². The molecule has 4 heteroatoms. The molecule has 0 spiro atoms. The van der Waals surface area contributed by atoms with Crippen molar-refractivity contribution in [2.75, 3.05) is 11.9 Å². The van der Waals surface area contributed by atoms with Gasteiger partial charge in [-0.3, -0.25) is 0 Å². The van der Waals surface area contributed by atoms with Gasteiger partial charge in [0, 0.05) is 12.7 Å². The number of allylic oxidation sites excluding steroid dienone is 1. The summed E-state index contributed by atoms with van der Waals surface area (Å²) in [6.45, 7) is 4.18. The van der Waals surface area contributed by atoms with E-state index < -0.39 is 5.97 Å². The Kier molecular flexibility index (Phi) is 3.35. The van der Waals surface area contributed by atoms with Crippen molar-refractivity contribution >= 4 is 23.3 Å². The average Bonchev–Trinajstić information content (AvgIpc) is 2.32. The molecule has 18 heavy (non-hydrogen) atoms. The number of alkyl halides is 1. The Morgan fingerprint density at radius 3 is 2.67 bits per heavy atom. The summed E-state index contributed by atoms with van der Waals surface area (Å²) in [5, 5.41) is 8.82. The predicted molar refractivity (Wildman–Crippen MR) is 73.2 cm³/mol. The Hall–Kier alpha value is -1.48. The first-order chi connectivity index (χ1) is 8.43. The summed E-state index contributed by atoms with van der Waals surface area (Å²) in [6, 6.07) is 5.94. The van der Waals surface area contributed by atoms with Crippen LogP contribution in [-0.4, -0.2) is 18.1 Å². The molecular weight excluding hydrogens is 250 g/mol. The molecule has 0 fully saturated rings. The molecule has 1 aromatic carbocycles. The second-order valence-corrected chi connectivity index (χ2v) is 5.23. The van der Waals surface area contributed by atoms with E-state index in [0.717, 1.165) is 16.8 Å². The summed E-state index contributed by atoms with van der Waals surface area (Å²) in [5.41, 5.74) is 3.24. The third kappa shape index (κ3) is 1.99. The molecule has 0 radical (unpaired) electrons. The van der Waals surface area contributed by atoms with E-state index in [9.17, 15) is 9.90 Å². The van der Waals surface area contributed by atoms with Gasteiger partial charge in [0.2, 0.25) is 0 Å². The van der Waals surface area contributed by atoms with Crippen LogP contribution in [0, 0.1) is 0 Å². The molecule has 96 valence electrons. The monoisotopic (exact) mass is 265 g/mol. The summed E-state index contributed by atoms with van der Waals surface area (Å²) in [7, 11) is 1.77. The first-order valence-corrected chi connectivity index (χ1v) is 6.32. The summed E-state index contributed by atoms with van der Waals surface area (Å²) in [4.78, 5) is 12.9. The molecule has 0 aromatic heterocycles. The van der Waals surface area contributed by atoms with E-state index in [1.807, 2.05) is 18.2 Å². The highest BCUT2D eigenvalue weighted by atomic mass is 35.5. The fraction of sp³-hybridized carbons (Fsp3) is 0.357. The predicted octanol–water partition coefficient (Wildman–Crippen LogP) is 3.51. The molecule has 1 heterocycles. The normalized spacial score (nSPS) is 18.6. The second kappa shape index (κ2) is 4.65. The van der Waals surface area contributed by atoms with Gasteiger partial charge >= 0.3 is 5.97 Å². The Labute approximate surface area is 112 Å². The number of anilines is 1. The molecule has 1 aliphatic rings. The highest BCUT2D eigenvalue weighted by molar-refractivity contribution is 6.23. The molecule has 0 saturated heterocycles. The van der Waals surface area contributed by atoms with Crippen LogP contribution in [0.5, 0.6) is 0 Å². The van der Waals surface area contributed by atoms with Crippen LogP contribution in [-0.2, 0) is 4.79 Å². The lowest BCUT2D eigenvalue weighted by atomic mass is 9.93. The molecule has 1 N–H and O–H groups in total. The van der Waals surface area contributed by atoms with Crippen LogP contribution < -0.4 is 4.90 Å². The van der Waals surface area contributed by atoms with Gasteiger partial charge in [-0.2, -0.15) is 0 Å². The molecule has 0 saturated carbocycles. The van der Waals surface area contributed by atoms with Gasteiger partial charge in [0.25, 0.3) is 0 Å². The number of carboxylic acids is 1. The minimum atomic E-state index is -0.952. The summed E-state index contributed by atoms with van der Waals surface area (Å²) in [6.07, 6.45) is 1.58. The van der Waals surface area contributed by atoms with Crippen molar-refractivity contribution in [3.05, 3.63) is 41.1 Å². The zero-order chi connectivity index (χ0) is 13.4. The van der Waals surface area contributed by atoms with E-state index in [1.54, 1.807) is 18.0 Å². The maximum Gasteiger partial charge on any atom is 0.352 e.